The van der Waals surface area contributed by atoms with E-state index in [-0.39, 0.29) is 0 Å². The third-order valence-corrected chi connectivity index (χ3v) is 3.09. The summed E-state index contributed by atoms with van der Waals surface area (Å²) in [7, 11) is 2.04. The van der Waals surface area contributed by atoms with Crippen molar-refractivity contribution in [1.29, 1.82) is 0 Å². The second-order valence-electron chi connectivity index (χ2n) is 4.46. The molecule has 1 saturated heterocycles. The average molecular weight is 238 g/mol. The maximum atomic E-state index is 5.56. The van der Waals surface area contributed by atoms with Crippen molar-refractivity contribution in [1.82, 2.24) is 14.9 Å². The number of aromatic nitrogens is 2. The fourth-order valence-corrected chi connectivity index (χ4v) is 2.17. The minimum atomic E-state index is 0.386. The van der Waals surface area contributed by atoms with E-state index < -0.39 is 0 Å². The molecule has 1 N–H and O–H groups in total. The quantitative estimate of drug-likeness (QED) is 0.764. The summed E-state index contributed by atoms with van der Waals surface area (Å²) >= 11 is 0. The smallest absolute Gasteiger partial charge is 0.205 e. The van der Waals surface area contributed by atoms with Crippen LogP contribution in [0.2, 0.25) is 0 Å². The highest BCUT2D eigenvalue weighted by atomic mass is 16.5. The zero-order valence-electron chi connectivity index (χ0n) is 10.7. The van der Waals surface area contributed by atoms with Gasteiger partial charge in [-0.1, -0.05) is 6.92 Å². The molecule has 1 aromatic heterocycles. The predicted molar refractivity (Wildman–Crippen MR) is 68.3 cm³/mol. The molecule has 1 aromatic rings. The fourth-order valence-electron chi connectivity index (χ4n) is 2.17. The number of rotatable bonds is 5. The van der Waals surface area contributed by atoms with Crippen LogP contribution in [0.15, 0.2) is 12.4 Å². The van der Waals surface area contributed by atoms with E-state index in [0.717, 1.165) is 45.2 Å². The van der Waals surface area contributed by atoms with Crippen molar-refractivity contribution in [2.24, 2.45) is 7.05 Å². The Morgan fingerprint density at radius 3 is 3.18 bits per heavy atom. The van der Waals surface area contributed by atoms with E-state index in [1.807, 2.05) is 19.4 Å². The zero-order chi connectivity index (χ0) is 12.1. The topological polar surface area (TPSA) is 42.3 Å². The molecule has 0 spiro atoms. The Labute approximate surface area is 103 Å². The Balaban J connectivity index is 1.99. The van der Waals surface area contributed by atoms with Gasteiger partial charge in [-0.15, -0.1) is 0 Å². The lowest BCUT2D eigenvalue weighted by atomic mass is 10.2. The van der Waals surface area contributed by atoms with Crippen molar-refractivity contribution in [2.75, 3.05) is 37.7 Å². The first kappa shape index (κ1) is 12.4. The summed E-state index contributed by atoms with van der Waals surface area (Å²) in [6.07, 6.45) is 5.00. The summed E-state index contributed by atoms with van der Waals surface area (Å²) < 4.78 is 7.63. The lowest BCUT2D eigenvalue weighted by molar-refractivity contribution is 0.0926. The zero-order valence-corrected chi connectivity index (χ0v) is 10.7. The Morgan fingerprint density at radius 2 is 2.47 bits per heavy atom. The molecule has 2 heterocycles. The van der Waals surface area contributed by atoms with Crippen molar-refractivity contribution in [3.63, 3.8) is 0 Å². The molecule has 0 amide bonds. The minimum absolute atomic E-state index is 0.386. The lowest BCUT2D eigenvalue weighted by Crippen LogP contribution is -2.51. The first-order valence-electron chi connectivity index (χ1n) is 6.35. The van der Waals surface area contributed by atoms with Gasteiger partial charge in [0.25, 0.3) is 0 Å². The maximum absolute atomic E-state index is 5.56. The van der Waals surface area contributed by atoms with Crippen LogP contribution < -0.4 is 10.2 Å². The van der Waals surface area contributed by atoms with E-state index in [0.29, 0.717) is 6.04 Å². The number of morpholine rings is 1. The van der Waals surface area contributed by atoms with Gasteiger partial charge < -0.3 is 19.5 Å². The maximum Gasteiger partial charge on any atom is 0.205 e. The van der Waals surface area contributed by atoms with Crippen molar-refractivity contribution < 1.29 is 4.74 Å². The first-order valence-corrected chi connectivity index (χ1v) is 6.35. The van der Waals surface area contributed by atoms with Crippen LogP contribution in [0.25, 0.3) is 0 Å². The van der Waals surface area contributed by atoms with Crippen molar-refractivity contribution in [2.45, 2.75) is 19.4 Å². The van der Waals surface area contributed by atoms with Crippen LogP contribution in [0.4, 0.5) is 5.95 Å². The molecule has 1 fully saturated rings. The van der Waals surface area contributed by atoms with Crippen molar-refractivity contribution in [3.8, 4) is 0 Å². The molecule has 96 valence electrons. The van der Waals surface area contributed by atoms with Gasteiger partial charge in [0, 0.05) is 32.5 Å². The monoisotopic (exact) mass is 238 g/mol. The highest BCUT2D eigenvalue weighted by molar-refractivity contribution is 5.33. The van der Waals surface area contributed by atoms with Gasteiger partial charge in [0.05, 0.1) is 19.3 Å². The first-order chi connectivity index (χ1) is 8.33. The average Bonchev–Trinajstić information content (AvgIpc) is 2.76. The van der Waals surface area contributed by atoms with Gasteiger partial charge in [0.1, 0.15) is 0 Å². The normalized spacial score (nSPS) is 20.8. The molecule has 1 unspecified atom stereocenters. The number of aryl methyl sites for hydroxylation is 1. The van der Waals surface area contributed by atoms with Crippen LogP contribution in [0.3, 0.4) is 0 Å². The van der Waals surface area contributed by atoms with E-state index in [1.54, 1.807) is 0 Å². The number of hydrogen-bond acceptors (Lipinski definition) is 4. The van der Waals surface area contributed by atoms with E-state index in [4.69, 9.17) is 4.74 Å². The van der Waals surface area contributed by atoms with Crippen LogP contribution in [0.5, 0.6) is 0 Å². The molecule has 5 nitrogen and oxygen atoms in total. The van der Waals surface area contributed by atoms with Gasteiger partial charge in [-0.25, -0.2) is 4.98 Å². The second kappa shape index (κ2) is 6.02. The molecule has 0 radical (unpaired) electrons. The molecule has 1 atom stereocenters. The third-order valence-electron chi connectivity index (χ3n) is 3.09. The molecule has 1 aliphatic rings. The van der Waals surface area contributed by atoms with Crippen molar-refractivity contribution in [3.05, 3.63) is 12.4 Å². The summed E-state index contributed by atoms with van der Waals surface area (Å²) in [6.45, 7) is 6.69. The number of nitrogens with zero attached hydrogens (tertiary/aromatic N) is 3. The van der Waals surface area contributed by atoms with Crippen LogP contribution >= 0.6 is 0 Å². The molecular weight excluding hydrogens is 216 g/mol. The Kier molecular flexibility index (Phi) is 4.39. The summed E-state index contributed by atoms with van der Waals surface area (Å²) in [5.74, 6) is 1.04. The minimum Gasteiger partial charge on any atom is -0.377 e. The van der Waals surface area contributed by atoms with E-state index in [1.165, 1.54) is 0 Å². The van der Waals surface area contributed by atoms with Gasteiger partial charge in [0.2, 0.25) is 5.95 Å². The molecule has 2 rings (SSSR count). The highest BCUT2D eigenvalue weighted by Gasteiger charge is 2.25. The number of nitrogens with one attached hydrogen (secondary N) is 1. The summed E-state index contributed by atoms with van der Waals surface area (Å²) in [6, 6.07) is 0.386. The number of ether oxygens (including phenoxy) is 1. The molecule has 1 aliphatic heterocycles. The molecule has 5 heteroatoms. The van der Waals surface area contributed by atoms with E-state index >= 15 is 0 Å². The van der Waals surface area contributed by atoms with E-state index in [9.17, 15) is 0 Å². The predicted octanol–water partition coefficient (Wildman–Crippen LogP) is 0.625. The summed E-state index contributed by atoms with van der Waals surface area (Å²) in [4.78, 5) is 6.76. The van der Waals surface area contributed by atoms with Crippen molar-refractivity contribution >= 4 is 5.95 Å². The van der Waals surface area contributed by atoms with Crippen LogP contribution in [-0.2, 0) is 11.8 Å². The number of hydrogen-bond donors (Lipinski definition) is 1. The fraction of sp³-hybridized carbons (Fsp3) is 0.750. The third kappa shape index (κ3) is 2.98. The van der Waals surface area contributed by atoms with Gasteiger partial charge in [-0.2, -0.15) is 0 Å². The van der Waals surface area contributed by atoms with E-state index in [2.05, 4.69) is 26.7 Å². The Hall–Kier alpha value is -1.07. The molecule has 17 heavy (non-hydrogen) atoms. The molecule has 0 saturated carbocycles. The van der Waals surface area contributed by atoms with Gasteiger partial charge in [-0.3, -0.25) is 0 Å². The molecule has 0 aliphatic carbocycles. The van der Waals surface area contributed by atoms with Gasteiger partial charge in [0.15, 0.2) is 0 Å². The summed E-state index contributed by atoms with van der Waals surface area (Å²) in [5, 5.41) is 3.46. The number of anilines is 1. The van der Waals surface area contributed by atoms with Crippen LogP contribution in [0.1, 0.15) is 13.3 Å². The highest BCUT2D eigenvalue weighted by Crippen LogP contribution is 2.16. The van der Waals surface area contributed by atoms with Crippen LogP contribution in [0, 0.1) is 0 Å². The Morgan fingerprint density at radius 1 is 1.59 bits per heavy atom. The second-order valence-corrected chi connectivity index (χ2v) is 4.46. The molecule has 0 bridgehead atoms. The Bertz CT molecular complexity index is 339. The molecular formula is C12H22N4O. The standard InChI is InChI=1S/C12H22N4O/c1-3-4-13-9-11-10-17-8-7-16(11)12-14-5-6-15(12)2/h5-6,11,13H,3-4,7-10H2,1-2H3. The largest absolute Gasteiger partial charge is 0.377 e. The SMILES string of the molecule is CCCNCC1COCCN1c1nccn1C. The van der Waals surface area contributed by atoms with Crippen LogP contribution in [-0.4, -0.2) is 48.4 Å². The molecule has 0 aromatic carbocycles. The van der Waals surface area contributed by atoms with Gasteiger partial charge >= 0.3 is 0 Å². The summed E-state index contributed by atoms with van der Waals surface area (Å²) in [5.41, 5.74) is 0. The lowest BCUT2D eigenvalue weighted by Gasteiger charge is -2.36. The number of imidazole rings is 1. The van der Waals surface area contributed by atoms with Gasteiger partial charge in [-0.05, 0) is 13.0 Å².